The fraction of sp³-hybridized carbons (Fsp3) is 0.0769. The maximum absolute atomic E-state index is 12.3. The van der Waals surface area contributed by atoms with Gasteiger partial charge in [0.1, 0.15) is 5.69 Å². The maximum Gasteiger partial charge on any atom is 0.214 e. The molecule has 5 heteroatoms. The van der Waals surface area contributed by atoms with Crippen LogP contribution in [0.15, 0.2) is 36.4 Å². The van der Waals surface area contributed by atoms with Crippen LogP contribution in [0.25, 0.3) is 0 Å². The Hall–Kier alpha value is -1.58. The van der Waals surface area contributed by atoms with Gasteiger partial charge in [0.25, 0.3) is 0 Å². The molecule has 1 aromatic heterocycles. The zero-order valence-corrected chi connectivity index (χ0v) is 11.0. The summed E-state index contributed by atoms with van der Waals surface area (Å²) >= 11 is 12.0. The summed E-state index contributed by atoms with van der Waals surface area (Å²) in [5, 5.41) is 0.606. The number of pyridine rings is 1. The molecular formula is C13H9Cl2NO2. The predicted octanol–water partition coefficient (Wildman–Crippen LogP) is 3.63. The molecule has 0 aliphatic heterocycles. The molecule has 0 saturated carbocycles. The number of hydrogen-bond acceptors (Lipinski definition) is 3. The van der Waals surface area contributed by atoms with Crippen LogP contribution in [0.3, 0.4) is 0 Å². The largest absolute Gasteiger partial charge is 0.481 e. The smallest absolute Gasteiger partial charge is 0.214 e. The van der Waals surface area contributed by atoms with E-state index in [4.69, 9.17) is 27.9 Å². The van der Waals surface area contributed by atoms with Crippen LogP contribution in [0, 0.1) is 0 Å². The van der Waals surface area contributed by atoms with Crippen molar-refractivity contribution in [1.82, 2.24) is 4.98 Å². The molecular weight excluding hydrogens is 273 g/mol. The summed E-state index contributed by atoms with van der Waals surface area (Å²) in [4.78, 5) is 16.3. The summed E-state index contributed by atoms with van der Waals surface area (Å²) in [6.45, 7) is 0. The third kappa shape index (κ3) is 2.47. The molecule has 0 unspecified atom stereocenters. The van der Waals surface area contributed by atoms with E-state index in [1.54, 1.807) is 36.4 Å². The fourth-order valence-corrected chi connectivity index (χ4v) is 2.07. The SMILES string of the molecule is COc1cccc(C(=O)c2c(Cl)cccc2Cl)n1. The van der Waals surface area contributed by atoms with E-state index >= 15 is 0 Å². The topological polar surface area (TPSA) is 39.2 Å². The van der Waals surface area contributed by atoms with Crippen molar-refractivity contribution < 1.29 is 9.53 Å². The Kier molecular flexibility index (Phi) is 3.84. The highest BCUT2D eigenvalue weighted by Crippen LogP contribution is 2.26. The van der Waals surface area contributed by atoms with E-state index in [0.29, 0.717) is 15.9 Å². The molecule has 3 nitrogen and oxygen atoms in total. The van der Waals surface area contributed by atoms with Crippen molar-refractivity contribution in [3.63, 3.8) is 0 Å². The van der Waals surface area contributed by atoms with Gasteiger partial charge in [0.2, 0.25) is 11.7 Å². The van der Waals surface area contributed by atoms with Gasteiger partial charge in [-0.2, -0.15) is 0 Å². The van der Waals surface area contributed by atoms with Gasteiger partial charge in [-0.15, -0.1) is 0 Å². The van der Waals surface area contributed by atoms with Gasteiger partial charge in [-0.1, -0.05) is 35.3 Å². The average molecular weight is 282 g/mol. The minimum absolute atomic E-state index is 0.240. The van der Waals surface area contributed by atoms with Crippen molar-refractivity contribution in [2.24, 2.45) is 0 Å². The van der Waals surface area contributed by atoms with E-state index in [1.807, 2.05) is 0 Å². The zero-order chi connectivity index (χ0) is 13.1. The predicted molar refractivity (Wildman–Crippen MR) is 70.7 cm³/mol. The van der Waals surface area contributed by atoms with Crippen LogP contribution in [-0.4, -0.2) is 17.9 Å². The number of ketones is 1. The lowest BCUT2D eigenvalue weighted by atomic mass is 10.1. The van der Waals surface area contributed by atoms with Gasteiger partial charge in [-0.05, 0) is 18.2 Å². The molecule has 1 heterocycles. The molecule has 18 heavy (non-hydrogen) atoms. The van der Waals surface area contributed by atoms with Gasteiger partial charge in [0.15, 0.2) is 0 Å². The summed E-state index contributed by atoms with van der Waals surface area (Å²) in [6, 6.07) is 9.83. The van der Waals surface area contributed by atoms with E-state index in [1.165, 1.54) is 7.11 Å². The van der Waals surface area contributed by atoms with Crippen LogP contribution >= 0.6 is 23.2 Å². The zero-order valence-electron chi connectivity index (χ0n) is 9.48. The van der Waals surface area contributed by atoms with Crippen LogP contribution in [0.2, 0.25) is 10.0 Å². The molecule has 0 fully saturated rings. The lowest BCUT2D eigenvalue weighted by molar-refractivity contribution is 0.103. The Morgan fingerprint density at radius 3 is 2.33 bits per heavy atom. The number of halogens is 2. The molecule has 0 spiro atoms. The monoisotopic (exact) mass is 281 g/mol. The highest BCUT2D eigenvalue weighted by atomic mass is 35.5. The number of hydrogen-bond donors (Lipinski definition) is 0. The molecule has 0 N–H and O–H groups in total. The Balaban J connectivity index is 2.48. The molecule has 2 rings (SSSR count). The van der Waals surface area contributed by atoms with Crippen LogP contribution in [0.1, 0.15) is 16.1 Å². The number of benzene rings is 1. The number of carbonyl (C=O) groups excluding carboxylic acids is 1. The second-order valence-electron chi connectivity index (χ2n) is 3.49. The number of aromatic nitrogens is 1. The molecule has 0 aliphatic carbocycles. The maximum atomic E-state index is 12.3. The van der Waals surface area contributed by atoms with Crippen molar-refractivity contribution in [2.75, 3.05) is 7.11 Å². The number of nitrogens with zero attached hydrogens (tertiary/aromatic N) is 1. The minimum Gasteiger partial charge on any atom is -0.481 e. The second-order valence-corrected chi connectivity index (χ2v) is 4.31. The summed E-state index contributed by atoms with van der Waals surface area (Å²) in [5.74, 6) is 0.0357. The van der Waals surface area contributed by atoms with Crippen molar-refractivity contribution in [3.8, 4) is 5.88 Å². The van der Waals surface area contributed by atoms with Crippen LogP contribution in [0.4, 0.5) is 0 Å². The molecule has 0 saturated heterocycles. The normalized spacial score (nSPS) is 10.2. The first-order valence-electron chi connectivity index (χ1n) is 5.13. The Morgan fingerprint density at radius 1 is 1.11 bits per heavy atom. The summed E-state index contributed by atoms with van der Waals surface area (Å²) in [7, 11) is 1.49. The van der Waals surface area contributed by atoms with Crippen LogP contribution < -0.4 is 4.74 Å². The van der Waals surface area contributed by atoms with Gasteiger partial charge < -0.3 is 4.74 Å². The van der Waals surface area contributed by atoms with Crippen LogP contribution in [0.5, 0.6) is 5.88 Å². The third-order valence-electron chi connectivity index (χ3n) is 2.36. The molecule has 92 valence electrons. The second kappa shape index (κ2) is 5.38. The van der Waals surface area contributed by atoms with E-state index in [0.717, 1.165) is 0 Å². The van der Waals surface area contributed by atoms with Crippen molar-refractivity contribution in [1.29, 1.82) is 0 Å². The first-order chi connectivity index (χ1) is 8.63. The van der Waals surface area contributed by atoms with Gasteiger partial charge in [0, 0.05) is 6.07 Å². The molecule has 0 amide bonds. The fourth-order valence-electron chi connectivity index (χ4n) is 1.50. The van der Waals surface area contributed by atoms with E-state index in [9.17, 15) is 4.79 Å². The molecule has 1 aromatic carbocycles. The average Bonchev–Trinajstić information content (AvgIpc) is 2.38. The molecule has 0 atom stereocenters. The standard InChI is InChI=1S/C13H9Cl2NO2/c1-18-11-7-3-6-10(16-11)13(17)12-8(14)4-2-5-9(12)15/h2-7H,1H3. The van der Waals surface area contributed by atoms with Gasteiger partial charge in [-0.25, -0.2) is 4.98 Å². The van der Waals surface area contributed by atoms with Gasteiger partial charge in [0.05, 0.1) is 22.7 Å². The van der Waals surface area contributed by atoms with E-state index in [2.05, 4.69) is 4.98 Å². The summed E-state index contributed by atoms with van der Waals surface area (Å²) < 4.78 is 4.97. The van der Waals surface area contributed by atoms with Gasteiger partial charge >= 0.3 is 0 Å². The van der Waals surface area contributed by atoms with E-state index < -0.39 is 0 Å². The van der Waals surface area contributed by atoms with E-state index in [-0.39, 0.29) is 17.0 Å². The van der Waals surface area contributed by atoms with Crippen molar-refractivity contribution in [2.45, 2.75) is 0 Å². The Bertz CT molecular complexity index is 579. The third-order valence-corrected chi connectivity index (χ3v) is 2.99. The highest BCUT2D eigenvalue weighted by molar-refractivity contribution is 6.40. The Labute approximate surface area is 114 Å². The number of carbonyl (C=O) groups is 1. The molecule has 0 radical (unpaired) electrons. The molecule has 0 aliphatic rings. The quantitative estimate of drug-likeness (QED) is 0.807. The van der Waals surface area contributed by atoms with Crippen molar-refractivity contribution in [3.05, 3.63) is 57.7 Å². The first kappa shape index (κ1) is 12.9. The van der Waals surface area contributed by atoms with Gasteiger partial charge in [-0.3, -0.25) is 4.79 Å². The number of ether oxygens (including phenoxy) is 1. The molecule has 2 aromatic rings. The summed E-state index contributed by atoms with van der Waals surface area (Å²) in [6.07, 6.45) is 0. The highest BCUT2D eigenvalue weighted by Gasteiger charge is 2.17. The lowest BCUT2D eigenvalue weighted by Crippen LogP contribution is -2.06. The summed E-state index contributed by atoms with van der Waals surface area (Å²) in [5.41, 5.74) is 0.492. The number of methoxy groups -OCH3 is 1. The van der Waals surface area contributed by atoms with Crippen molar-refractivity contribution >= 4 is 29.0 Å². The molecule has 0 bridgehead atoms. The number of rotatable bonds is 3. The lowest BCUT2D eigenvalue weighted by Gasteiger charge is -2.06. The van der Waals surface area contributed by atoms with Crippen LogP contribution in [-0.2, 0) is 0 Å². The first-order valence-corrected chi connectivity index (χ1v) is 5.89. The minimum atomic E-state index is -0.329. The Morgan fingerprint density at radius 2 is 1.72 bits per heavy atom.